The van der Waals surface area contributed by atoms with Crippen molar-refractivity contribution in [3.8, 4) is 0 Å². The zero-order chi connectivity index (χ0) is 16.9. The van der Waals surface area contributed by atoms with E-state index in [2.05, 4.69) is 0 Å². The summed E-state index contributed by atoms with van der Waals surface area (Å²) in [6, 6.07) is 16.3. The number of amides is 1. The van der Waals surface area contributed by atoms with Crippen molar-refractivity contribution in [2.45, 2.75) is 24.8 Å². The van der Waals surface area contributed by atoms with Crippen molar-refractivity contribution < 1.29 is 13.2 Å². The molecule has 0 bridgehead atoms. The number of hydrogen-bond donors (Lipinski definition) is 0. The van der Waals surface area contributed by atoms with Crippen LogP contribution in [0, 0.1) is 0 Å². The number of nitrogens with zero attached hydrogens (tertiary/aromatic N) is 1. The normalized spacial score (nSPS) is 11.2. The second-order valence-corrected chi connectivity index (χ2v) is 7.50. The van der Waals surface area contributed by atoms with Crippen LogP contribution in [-0.2, 0) is 27.6 Å². The van der Waals surface area contributed by atoms with Gasteiger partial charge in [0.2, 0.25) is 5.91 Å². The fourth-order valence-electron chi connectivity index (χ4n) is 2.32. The molecule has 1 amide bonds. The van der Waals surface area contributed by atoms with Gasteiger partial charge < -0.3 is 4.90 Å². The average Bonchev–Trinajstić information content (AvgIpc) is 2.53. The molecule has 23 heavy (non-hydrogen) atoms. The van der Waals surface area contributed by atoms with E-state index >= 15 is 0 Å². The van der Waals surface area contributed by atoms with Gasteiger partial charge in [-0.2, -0.15) is 0 Å². The molecular formula is C18H21NO3S. The predicted octanol–water partition coefficient (Wildman–Crippen LogP) is 2.68. The molecule has 122 valence electrons. The minimum atomic E-state index is -3.21. The van der Waals surface area contributed by atoms with Crippen LogP contribution < -0.4 is 0 Å². The number of benzene rings is 2. The smallest absolute Gasteiger partial charge is 0.227 e. The third-order valence-electron chi connectivity index (χ3n) is 3.66. The summed E-state index contributed by atoms with van der Waals surface area (Å²) in [5.41, 5.74) is 1.91. The zero-order valence-electron chi connectivity index (χ0n) is 13.4. The second kappa shape index (κ2) is 7.42. The Morgan fingerprint density at radius 1 is 0.957 bits per heavy atom. The summed E-state index contributed by atoms with van der Waals surface area (Å²) in [7, 11) is -3.21. The van der Waals surface area contributed by atoms with Gasteiger partial charge in [-0.05, 0) is 30.2 Å². The van der Waals surface area contributed by atoms with Crippen LogP contribution >= 0.6 is 0 Å². The van der Waals surface area contributed by atoms with Crippen LogP contribution in [0.15, 0.2) is 59.5 Å². The highest BCUT2D eigenvalue weighted by Crippen LogP contribution is 2.12. The third-order valence-corrected chi connectivity index (χ3v) is 4.79. The lowest BCUT2D eigenvalue weighted by atomic mass is 10.1. The summed E-state index contributed by atoms with van der Waals surface area (Å²) >= 11 is 0. The van der Waals surface area contributed by atoms with Gasteiger partial charge in [-0.25, -0.2) is 8.42 Å². The first kappa shape index (κ1) is 17.2. The quantitative estimate of drug-likeness (QED) is 0.818. The third kappa shape index (κ3) is 4.93. The first-order valence-electron chi connectivity index (χ1n) is 7.51. The van der Waals surface area contributed by atoms with Gasteiger partial charge in [-0.1, -0.05) is 42.5 Å². The van der Waals surface area contributed by atoms with Gasteiger partial charge in [0.25, 0.3) is 0 Å². The van der Waals surface area contributed by atoms with E-state index in [1.807, 2.05) is 37.3 Å². The molecule has 2 aromatic carbocycles. The Labute approximate surface area is 137 Å². The number of hydrogen-bond acceptors (Lipinski definition) is 3. The van der Waals surface area contributed by atoms with Crippen molar-refractivity contribution in [1.82, 2.24) is 4.90 Å². The molecule has 2 aromatic rings. The molecule has 5 heteroatoms. The molecule has 0 aliphatic carbocycles. The van der Waals surface area contributed by atoms with Crippen LogP contribution in [0.3, 0.4) is 0 Å². The molecule has 0 aromatic heterocycles. The summed E-state index contributed by atoms with van der Waals surface area (Å²) in [5.74, 6) is 0.0310. The largest absolute Gasteiger partial charge is 0.338 e. The lowest BCUT2D eigenvalue weighted by Gasteiger charge is -2.21. The van der Waals surface area contributed by atoms with Crippen molar-refractivity contribution in [1.29, 1.82) is 0 Å². The summed E-state index contributed by atoms with van der Waals surface area (Å²) in [6.45, 7) is 3.17. The van der Waals surface area contributed by atoms with E-state index < -0.39 is 9.84 Å². The SMILES string of the molecule is CCN(Cc1ccccc1)C(=O)Cc1ccc(S(C)(=O)=O)cc1. The topological polar surface area (TPSA) is 54.5 Å². The number of carbonyl (C=O) groups is 1. The Balaban J connectivity index is 2.04. The number of sulfone groups is 1. The Hall–Kier alpha value is -2.14. The Morgan fingerprint density at radius 2 is 1.57 bits per heavy atom. The van der Waals surface area contributed by atoms with Gasteiger partial charge in [0, 0.05) is 19.3 Å². The van der Waals surface area contributed by atoms with Gasteiger partial charge in [0.15, 0.2) is 9.84 Å². The van der Waals surface area contributed by atoms with Crippen molar-refractivity contribution in [2.75, 3.05) is 12.8 Å². The van der Waals surface area contributed by atoms with E-state index in [1.54, 1.807) is 29.2 Å². The van der Waals surface area contributed by atoms with Crippen LogP contribution in [0.5, 0.6) is 0 Å². The zero-order valence-corrected chi connectivity index (χ0v) is 14.2. The molecule has 0 N–H and O–H groups in total. The fourth-order valence-corrected chi connectivity index (χ4v) is 2.95. The Bertz CT molecular complexity index is 753. The minimum Gasteiger partial charge on any atom is -0.338 e. The maximum absolute atomic E-state index is 12.4. The van der Waals surface area contributed by atoms with Crippen LogP contribution in [0.1, 0.15) is 18.1 Å². The monoisotopic (exact) mass is 331 g/mol. The van der Waals surface area contributed by atoms with Crippen molar-refractivity contribution in [3.63, 3.8) is 0 Å². The fraction of sp³-hybridized carbons (Fsp3) is 0.278. The molecule has 4 nitrogen and oxygen atoms in total. The van der Waals surface area contributed by atoms with E-state index in [1.165, 1.54) is 6.26 Å². The molecule has 0 saturated carbocycles. The summed E-state index contributed by atoms with van der Waals surface area (Å²) < 4.78 is 22.9. The van der Waals surface area contributed by atoms with E-state index in [0.29, 0.717) is 13.1 Å². The van der Waals surface area contributed by atoms with Gasteiger partial charge in [-0.15, -0.1) is 0 Å². The maximum atomic E-state index is 12.4. The molecule has 0 radical (unpaired) electrons. The van der Waals surface area contributed by atoms with Crippen molar-refractivity contribution in [3.05, 3.63) is 65.7 Å². The predicted molar refractivity (Wildman–Crippen MR) is 90.8 cm³/mol. The molecule has 0 aliphatic rings. The minimum absolute atomic E-state index is 0.0310. The molecular weight excluding hydrogens is 310 g/mol. The van der Waals surface area contributed by atoms with Crippen molar-refractivity contribution >= 4 is 15.7 Å². The van der Waals surface area contributed by atoms with Gasteiger partial charge >= 0.3 is 0 Å². The number of carbonyl (C=O) groups excluding carboxylic acids is 1. The van der Waals surface area contributed by atoms with Crippen LogP contribution in [-0.4, -0.2) is 32.0 Å². The summed E-state index contributed by atoms with van der Waals surface area (Å²) in [4.78, 5) is 14.5. The molecule has 0 aliphatic heterocycles. The molecule has 0 atom stereocenters. The molecule has 0 fully saturated rings. The van der Waals surface area contributed by atoms with Crippen LogP contribution in [0.2, 0.25) is 0 Å². The highest BCUT2D eigenvalue weighted by molar-refractivity contribution is 7.90. The molecule has 0 spiro atoms. The van der Waals surface area contributed by atoms with E-state index in [-0.39, 0.29) is 17.2 Å². The average molecular weight is 331 g/mol. The Kier molecular flexibility index (Phi) is 5.55. The van der Waals surface area contributed by atoms with Gasteiger partial charge in [0.05, 0.1) is 11.3 Å². The Morgan fingerprint density at radius 3 is 2.09 bits per heavy atom. The standard InChI is InChI=1S/C18H21NO3S/c1-3-19(14-16-7-5-4-6-8-16)18(20)13-15-9-11-17(12-10-15)23(2,21)22/h4-12H,3,13-14H2,1-2H3. The number of likely N-dealkylation sites (N-methyl/N-ethyl adjacent to an activating group) is 1. The first-order chi connectivity index (χ1) is 10.9. The van der Waals surface area contributed by atoms with E-state index in [0.717, 1.165) is 11.1 Å². The maximum Gasteiger partial charge on any atom is 0.227 e. The lowest BCUT2D eigenvalue weighted by molar-refractivity contribution is -0.130. The molecule has 2 rings (SSSR count). The van der Waals surface area contributed by atoms with Gasteiger partial charge in [0.1, 0.15) is 0 Å². The summed E-state index contributed by atoms with van der Waals surface area (Å²) in [6.07, 6.45) is 1.44. The van der Waals surface area contributed by atoms with E-state index in [4.69, 9.17) is 0 Å². The highest BCUT2D eigenvalue weighted by atomic mass is 32.2. The molecule has 0 unspecified atom stereocenters. The molecule has 0 heterocycles. The highest BCUT2D eigenvalue weighted by Gasteiger charge is 2.13. The second-order valence-electron chi connectivity index (χ2n) is 5.49. The van der Waals surface area contributed by atoms with Crippen molar-refractivity contribution in [2.24, 2.45) is 0 Å². The summed E-state index contributed by atoms with van der Waals surface area (Å²) in [5, 5.41) is 0. The lowest BCUT2D eigenvalue weighted by Crippen LogP contribution is -2.31. The van der Waals surface area contributed by atoms with Crippen LogP contribution in [0.4, 0.5) is 0 Å². The van der Waals surface area contributed by atoms with Gasteiger partial charge in [-0.3, -0.25) is 4.79 Å². The molecule has 0 saturated heterocycles. The first-order valence-corrected chi connectivity index (χ1v) is 9.40. The van der Waals surface area contributed by atoms with E-state index in [9.17, 15) is 13.2 Å². The number of rotatable bonds is 6. The van der Waals surface area contributed by atoms with Crippen LogP contribution in [0.25, 0.3) is 0 Å².